The molecule has 0 heterocycles. The number of methoxy groups -OCH3 is 1. The molecule has 1 rings (SSSR count). The maximum atomic E-state index is 5.76. The maximum Gasteiger partial charge on any atom is 0.0713 e. The van der Waals surface area contributed by atoms with Gasteiger partial charge in [0.15, 0.2) is 0 Å². The minimum absolute atomic E-state index is 0.0587. The lowest BCUT2D eigenvalue weighted by atomic mass is 10.1. The molecule has 1 atom stereocenters. The average molecular weight is 180 g/mol. The molecule has 3 nitrogen and oxygen atoms in total. The standard InChI is InChI=1S/C10H16N2O/c1-13-7-8-2-4-9(5-3-8)10(12)6-11/h2-5,10H,6-7,11-12H2,1H3. The van der Waals surface area contributed by atoms with Gasteiger partial charge < -0.3 is 16.2 Å². The summed E-state index contributed by atoms with van der Waals surface area (Å²) in [6.45, 7) is 1.11. The summed E-state index contributed by atoms with van der Waals surface area (Å²) in [6.07, 6.45) is 0. The summed E-state index contributed by atoms with van der Waals surface area (Å²) in [7, 11) is 1.68. The van der Waals surface area contributed by atoms with Crippen molar-refractivity contribution in [1.29, 1.82) is 0 Å². The van der Waals surface area contributed by atoms with Crippen molar-refractivity contribution >= 4 is 0 Å². The van der Waals surface area contributed by atoms with Crippen LogP contribution in [-0.2, 0) is 11.3 Å². The van der Waals surface area contributed by atoms with Gasteiger partial charge in [-0.05, 0) is 11.1 Å². The second kappa shape index (κ2) is 4.97. The molecule has 0 spiro atoms. The van der Waals surface area contributed by atoms with Crippen molar-refractivity contribution < 1.29 is 4.74 Å². The number of ether oxygens (including phenoxy) is 1. The molecule has 0 bridgehead atoms. The molecule has 1 unspecified atom stereocenters. The van der Waals surface area contributed by atoms with Crippen LogP contribution < -0.4 is 11.5 Å². The molecule has 0 aliphatic rings. The van der Waals surface area contributed by atoms with Crippen LogP contribution in [0, 0.1) is 0 Å². The van der Waals surface area contributed by atoms with E-state index in [2.05, 4.69) is 0 Å². The van der Waals surface area contributed by atoms with Gasteiger partial charge in [0, 0.05) is 19.7 Å². The lowest BCUT2D eigenvalue weighted by molar-refractivity contribution is 0.185. The monoisotopic (exact) mass is 180 g/mol. The molecule has 72 valence electrons. The van der Waals surface area contributed by atoms with Gasteiger partial charge in [-0.2, -0.15) is 0 Å². The first-order valence-electron chi connectivity index (χ1n) is 4.31. The Morgan fingerprint density at radius 2 is 1.92 bits per heavy atom. The number of hydrogen-bond acceptors (Lipinski definition) is 3. The molecule has 0 saturated heterocycles. The summed E-state index contributed by atoms with van der Waals surface area (Å²) in [5.74, 6) is 0. The molecule has 13 heavy (non-hydrogen) atoms. The summed E-state index contributed by atoms with van der Waals surface area (Å²) in [6, 6.07) is 7.94. The molecule has 3 heteroatoms. The first-order valence-corrected chi connectivity index (χ1v) is 4.31. The lowest BCUT2D eigenvalue weighted by Gasteiger charge is -2.09. The zero-order valence-corrected chi connectivity index (χ0v) is 7.86. The molecule has 0 radical (unpaired) electrons. The van der Waals surface area contributed by atoms with E-state index in [-0.39, 0.29) is 6.04 Å². The van der Waals surface area contributed by atoms with Crippen molar-refractivity contribution in [3.8, 4) is 0 Å². The van der Waals surface area contributed by atoms with Crippen molar-refractivity contribution in [2.45, 2.75) is 12.6 Å². The first-order chi connectivity index (χ1) is 6.27. The fourth-order valence-electron chi connectivity index (χ4n) is 1.16. The number of rotatable bonds is 4. The van der Waals surface area contributed by atoms with Crippen LogP contribution >= 0.6 is 0 Å². The highest BCUT2D eigenvalue weighted by Crippen LogP contribution is 2.10. The van der Waals surface area contributed by atoms with Crippen LogP contribution in [-0.4, -0.2) is 13.7 Å². The SMILES string of the molecule is COCc1ccc(C(N)CN)cc1. The molecule has 0 aliphatic heterocycles. The van der Waals surface area contributed by atoms with Crippen molar-refractivity contribution in [2.75, 3.05) is 13.7 Å². The zero-order chi connectivity index (χ0) is 9.68. The zero-order valence-electron chi connectivity index (χ0n) is 7.86. The Morgan fingerprint density at radius 1 is 1.31 bits per heavy atom. The Kier molecular flexibility index (Phi) is 3.89. The molecule has 1 aromatic carbocycles. The van der Waals surface area contributed by atoms with Crippen LogP contribution in [0.2, 0.25) is 0 Å². The second-order valence-electron chi connectivity index (χ2n) is 3.02. The van der Waals surface area contributed by atoms with Gasteiger partial charge in [0.2, 0.25) is 0 Å². The van der Waals surface area contributed by atoms with Crippen molar-refractivity contribution in [3.05, 3.63) is 35.4 Å². The van der Waals surface area contributed by atoms with Gasteiger partial charge >= 0.3 is 0 Å². The summed E-state index contributed by atoms with van der Waals surface area (Å²) in [5, 5.41) is 0. The highest BCUT2D eigenvalue weighted by atomic mass is 16.5. The van der Waals surface area contributed by atoms with Crippen molar-refractivity contribution in [2.24, 2.45) is 11.5 Å². The number of benzene rings is 1. The van der Waals surface area contributed by atoms with Crippen LogP contribution in [0.4, 0.5) is 0 Å². The van der Waals surface area contributed by atoms with E-state index in [1.54, 1.807) is 7.11 Å². The second-order valence-corrected chi connectivity index (χ2v) is 3.02. The molecule has 0 fully saturated rings. The van der Waals surface area contributed by atoms with Gasteiger partial charge in [0.25, 0.3) is 0 Å². The van der Waals surface area contributed by atoms with E-state index in [1.807, 2.05) is 24.3 Å². The van der Waals surface area contributed by atoms with Gasteiger partial charge in [-0.25, -0.2) is 0 Å². The predicted octanol–water partition coefficient (Wildman–Crippen LogP) is 0.792. The first kappa shape index (κ1) is 10.2. The predicted molar refractivity (Wildman–Crippen MR) is 53.1 cm³/mol. The average Bonchev–Trinajstić information content (AvgIpc) is 2.18. The maximum absolute atomic E-state index is 5.76. The van der Waals surface area contributed by atoms with Gasteiger partial charge in [-0.1, -0.05) is 24.3 Å². The fraction of sp³-hybridized carbons (Fsp3) is 0.400. The molecule has 1 aromatic rings. The molecule has 0 aliphatic carbocycles. The summed E-state index contributed by atoms with van der Waals surface area (Å²) < 4.78 is 5.00. The Bertz CT molecular complexity index is 246. The van der Waals surface area contributed by atoms with Crippen LogP contribution in [0.25, 0.3) is 0 Å². The molecule has 0 saturated carbocycles. The van der Waals surface area contributed by atoms with Crippen LogP contribution in [0.5, 0.6) is 0 Å². The van der Waals surface area contributed by atoms with Gasteiger partial charge in [-0.15, -0.1) is 0 Å². The Hall–Kier alpha value is -0.900. The van der Waals surface area contributed by atoms with Gasteiger partial charge in [0.1, 0.15) is 0 Å². The highest BCUT2D eigenvalue weighted by molar-refractivity contribution is 5.24. The van der Waals surface area contributed by atoms with E-state index in [0.717, 1.165) is 11.1 Å². The molecule has 4 N–H and O–H groups in total. The fourth-order valence-corrected chi connectivity index (χ4v) is 1.16. The number of nitrogens with two attached hydrogens (primary N) is 2. The summed E-state index contributed by atoms with van der Waals surface area (Å²) in [4.78, 5) is 0. The molecular weight excluding hydrogens is 164 g/mol. The normalized spacial score (nSPS) is 12.8. The molecular formula is C10H16N2O. The highest BCUT2D eigenvalue weighted by Gasteiger charge is 2.02. The molecule has 0 aromatic heterocycles. The third-order valence-electron chi connectivity index (χ3n) is 1.97. The quantitative estimate of drug-likeness (QED) is 0.720. The topological polar surface area (TPSA) is 61.3 Å². The van der Waals surface area contributed by atoms with Gasteiger partial charge in [0.05, 0.1) is 6.61 Å². The van der Waals surface area contributed by atoms with E-state index in [0.29, 0.717) is 13.2 Å². The van der Waals surface area contributed by atoms with E-state index >= 15 is 0 Å². The minimum atomic E-state index is -0.0587. The smallest absolute Gasteiger partial charge is 0.0713 e. The van der Waals surface area contributed by atoms with Crippen molar-refractivity contribution in [1.82, 2.24) is 0 Å². The van der Waals surface area contributed by atoms with Crippen LogP contribution in [0.15, 0.2) is 24.3 Å². The third-order valence-corrected chi connectivity index (χ3v) is 1.97. The molecule has 0 amide bonds. The van der Waals surface area contributed by atoms with Crippen LogP contribution in [0.1, 0.15) is 17.2 Å². The van der Waals surface area contributed by atoms with E-state index in [9.17, 15) is 0 Å². The van der Waals surface area contributed by atoms with E-state index < -0.39 is 0 Å². The Morgan fingerprint density at radius 3 is 2.38 bits per heavy atom. The Labute approximate surface area is 78.7 Å². The minimum Gasteiger partial charge on any atom is -0.380 e. The summed E-state index contributed by atoms with van der Waals surface area (Å²) in [5.41, 5.74) is 13.4. The van der Waals surface area contributed by atoms with Crippen LogP contribution in [0.3, 0.4) is 0 Å². The third kappa shape index (κ3) is 2.81. The Balaban J connectivity index is 2.69. The van der Waals surface area contributed by atoms with Gasteiger partial charge in [-0.3, -0.25) is 0 Å². The van der Waals surface area contributed by atoms with Crippen molar-refractivity contribution in [3.63, 3.8) is 0 Å². The van der Waals surface area contributed by atoms with E-state index in [4.69, 9.17) is 16.2 Å². The largest absolute Gasteiger partial charge is 0.380 e. The van der Waals surface area contributed by atoms with E-state index in [1.165, 1.54) is 0 Å². The number of hydrogen-bond donors (Lipinski definition) is 2. The lowest BCUT2D eigenvalue weighted by Crippen LogP contribution is -2.20. The summed E-state index contributed by atoms with van der Waals surface area (Å²) >= 11 is 0.